The van der Waals surface area contributed by atoms with Gasteiger partial charge in [-0.05, 0) is 42.0 Å². The topological polar surface area (TPSA) is 87.3 Å². The van der Waals surface area contributed by atoms with Gasteiger partial charge in [-0.2, -0.15) is 0 Å². The Morgan fingerprint density at radius 1 is 1.31 bits per heavy atom. The number of aromatic nitrogens is 2. The molecular formula is C21H21FN4O3. The number of fused-ring (bicyclic) bond motifs is 2. The number of carbonyl (C=O) groups is 2. The molecular weight excluding hydrogens is 375 g/mol. The number of nitrogens with zero attached hydrogens (tertiary/aromatic N) is 2. The predicted octanol–water partition coefficient (Wildman–Crippen LogP) is 2.84. The molecule has 29 heavy (non-hydrogen) atoms. The van der Waals surface area contributed by atoms with Gasteiger partial charge in [0, 0.05) is 32.1 Å². The summed E-state index contributed by atoms with van der Waals surface area (Å²) >= 11 is 0. The van der Waals surface area contributed by atoms with Crippen LogP contribution in [0.25, 0.3) is 11.0 Å². The number of hydrogen-bond donors (Lipinski definition) is 2. The Bertz CT molecular complexity index is 1090. The average Bonchev–Trinajstić information content (AvgIpc) is 3.12. The number of carbonyl (C=O) groups excluding carboxylic acids is 2. The number of halogens is 1. The van der Waals surface area contributed by atoms with E-state index in [1.807, 2.05) is 0 Å². The highest BCUT2D eigenvalue weighted by Gasteiger charge is 2.32. The van der Waals surface area contributed by atoms with Gasteiger partial charge in [-0.3, -0.25) is 9.59 Å². The van der Waals surface area contributed by atoms with Crippen LogP contribution in [-0.4, -0.2) is 47.4 Å². The van der Waals surface area contributed by atoms with E-state index in [0.717, 1.165) is 5.56 Å². The van der Waals surface area contributed by atoms with Crippen molar-refractivity contribution in [2.45, 2.75) is 18.8 Å². The number of nitrogens with one attached hydrogen (secondary N) is 2. The monoisotopic (exact) mass is 396 g/mol. The summed E-state index contributed by atoms with van der Waals surface area (Å²) in [5, 5.41) is 2.80. The number of anilines is 1. The molecule has 1 aromatic heterocycles. The van der Waals surface area contributed by atoms with Crippen LogP contribution in [0.15, 0.2) is 36.4 Å². The van der Waals surface area contributed by atoms with Crippen molar-refractivity contribution in [3.63, 3.8) is 0 Å². The number of rotatable bonds is 5. The largest absolute Gasteiger partial charge is 0.497 e. The Hall–Kier alpha value is -3.42. The molecule has 0 radical (unpaired) electrons. The molecule has 4 rings (SSSR count). The lowest BCUT2D eigenvalue weighted by Crippen LogP contribution is -2.37. The number of hydrogen-bond acceptors (Lipinski definition) is 4. The zero-order valence-corrected chi connectivity index (χ0v) is 16.2. The number of imidazole rings is 1. The van der Waals surface area contributed by atoms with Gasteiger partial charge in [0.25, 0.3) is 0 Å². The van der Waals surface area contributed by atoms with Crippen LogP contribution in [0.4, 0.5) is 10.1 Å². The van der Waals surface area contributed by atoms with Crippen molar-refractivity contribution >= 4 is 28.5 Å². The molecule has 8 heteroatoms. The van der Waals surface area contributed by atoms with E-state index >= 15 is 0 Å². The summed E-state index contributed by atoms with van der Waals surface area (Å²) < 4.78 is 18.6. The Morgan fingerprint density at radius 3 is 2.93 bits per heavy atom. The molecule has 0 fully saturated rings. The number of benzene rings is 2. The predicted molar refractivity (Wildman–Crippen MR) is 106 cm³/mol. The van der Waals surface area contributed by atoms with Gasteiger partial charge < -0.3 is 19.9 Å². The van der Waals surface area contributed by atoms with E-state index < -0.39 is 5.92 Å². The van der Waals surface area contributed by atoms with Gasteiger partial charge in [0.1, 0.15) is 17.4 Å². The first-order chi connectivity index (χ1) is 13.9. The molecule has 7 nitrogen and oxygen atoms in total. The molecule has 0 aliphatic carbocycles. The normalized spacial score (nSPS) is 15.7. The highest BCUT2D eigenvalue weighted by atomic mass is 19.1. The second-order valence-corrected chi connectivity index (χ2v) is 7.11. The third-order valence-corrected chi connectivity index (χ3v) is 5.15. The van der Waals surface area contributed by atoms with E-state index in [4.69, 9.17) is 4.74 Å². The third kappa shape index (κ3) is 3.78. The van der Waals surface area contributed by atoms with Crippen LogP contribution < -0.4 is 10.1 Å². The van der Waals surface area contributed by atoms with Gasteiger partial charge in [-0.25, -0.2) is 9.37 Å². The summed E-state index contributed by atoms with van der Waals surface area (Å²) in [6, 6.07) is 9.66. The molecule has 2 aromatic carbocycles. The first-order valence-corrected chi connectivity index (χ1v) is 9.31. The molecule has 0 spiro atoms. The fourth-order valence-electron chi connectivity index (χ4n) is 3.59. The molecule has 2 N–H and O–H groups in total. The van der Waals surface area contributed by atoms with Gasteiger partial charge >= 0.3 is 0 Å². The molecule has 1 atom stereocenters. The van der Waals surface area contributed by atoms with E-state index in [-0.39, 0.29) is 24.1 Å². The smallest absolute Gasteiger partial charge is 0.230 e. The molecule has 0 bridgehead atoms. The summed E-state index contributed by atoms with van der Waals surface area (Å²) in [7, 11) is 3.27. The Kier molecular flexibility index (Phi) is 4.92. The number of likely N-dealkylation sites (N-methyl/N-ethyl adjacent to an activating group) is 1. The van der Waals surface area contributed by atoms with Crippen molar-refractivity contribution < 1.29 is 18.7 Å². The summed E-state index contributed by atoms with van der Waals surface area (Å²) in [6.07, 6.45) is 0.579. The van der Waals surface area contributed by atoms with Crippen molar-refractivity contribution in [2.24, 2.45) is 0 Å². The summed E-state index contributed by atoms with van der Waals surface area (Å²) in [5.74, 6) is 0.0853. The second-order valence-electron chi connectivity index (χ2n) is 7.11. The van der Waals surface area contributed by atoms with Crippen LogP contribution in [0.3, 0.4) is 0 Å². The van der Waals surface area contributed by atoms with Gasteiger partial charge in [-0.1, -0.05) is 0 Å². The average molecular weight is 396 g/mol. The van der Waals surface area contributed by atoms with Crippen molar-refractivity contribution in [2.75, 3.05) is 26.0 Å². The molecule has 2 heterocycles. The highest BCUT2D eigenvalue weighted by molar-refractivity contribution is 6.01. The fourth-order valence-corrected chi connectivity index (χ4v) is 3.59. The molecule has 2 amide bonds. The van der Waals surface area contributed by atoms with E-state index in [0.29, 0.717) is 41.3 Å². The first kappa shape index (κ1) is 18.9. The molecule has 3 aromatic rings. The Morgan fingerprint density at radius 2 is 2.14 bits per heavy atom. The van der Waals surface area contributed by atoms with E-state index in [9.17, 15) is 14.0 Å². The maximum atomic E-state index is 13.3. The zero-order valence-electron chi connectivity index (χ0n) is 16.2. The van der Waals surface area contributed by atoms with Crippen molar-refractivity contribution in [3.05, 3.63) is 53.6 Å². The molecule has 0 saturated heterocycles. The number of ether oxygens (including phenoxy) is 1. The summed E-state index contributed by atoms with van der Waals surface area (Å²) in [4.78, 5) is 34.2. The molecule has 0 unspecified atom stereocenters. The van der Waals surface area contributed by atoms with E-state index in [2.05, 4.69) is 15.3 Å². The van der Waals surface area contributed by atoms with Crippen LogP contribution in [0.5, 0.6) is 5.75 Å². The van der Waals surface area contributed by atoms with Gasteiger partial charge in [0.2, 0.25) is 11.8 Å². The van der Waals surface area contributed by atoms with Crippen LogP contribution in [0.1, 0.15) is 23.7 Å². The number of amides is 2. The maximum Gasteiger partial charge on any atom is 0.230 e. The van der Waals surface area contributed by atoms with E-state index in [1.165, 1.54) is 12.1 Å². The molecule has 0 saturated carbocycles. The standard InChI is InChI=1S/C21H21FN4O3/c1-26(8-7-19-23-17-5-3-12(22)9-18(17)24-19)21(28)15-11-20(27)25-16-6-4-13(29-2)10-14(15)16/h3-6,9-10,15H,7-8,11H2,1-2H3,(H,23,24)(H,25,27)/t15-/m0/s1. The van der Waals surface area contributed by atoms with Gasteiger partial charge in [-0.15, -0.1) is 0 Å². The lowest BCUT2D eigenvalue weighted by atomic mass is 9.89. The lowest BCUT2D eigenvalue weighted by molar-refractivity contribution is -0.133. The molecule has 1 aliphatic heterocycles. The van der Waals surface area contributed by atoms with Crippen LogP contribution in [0.2, 0.25) is 0 Å². The highest BCUT2D eigenvalue weighted by Crippen LogP contribution is 2.35. The number of H-pyrrole nitrogens is 1. The minimum absolute atomic E-state index is 0.0905. The first-order valence-electron chi connectivity index (χ1n) is 9.31. The Labute approximate surface area is 166 Å². The van der Waals surface area contributed by atoms with Crippen LogP contribution >= 0.6 is 0 Å². The zero-order chi connectivity index (χ0) is 20.5. The molecule has 1 aliphatic rings. The lowest BCUT2D eigenvalue weighted by Gasteiger charge is -2.28. The summed E-state index contributed by atoms with van der Waals surface area (Å²) in [6.45, 7) is 0.415. The SMILES string of the molecule is COc1ccc2c(c1)[C@@H](C(=O)N(C)CCc1nc3ccc(F)cc3[nH]1)CC(=O)N2. The van der Waals surface area contributed by atoms with Crippen molar-refractivity contribution in [1.29, 1.82) is 0 Å². The second kappa shape index (κ2) is 7.54. The third-order valence-electron chi connectivity index (χ3n) is 5.15. The molecule has 150 valence electrons. The van der Waals surface area contributed by atoms with Crippen molar-refractivity contribution in [1.82, 2.24) is 14.9 Å². The summed E-state index contributed by atoms with van der Waals surface area (Å²) in [5.41, 5.74) is 2.69. The number of aromatic amines is 1. The van der Waals surface area contributed by atoms with E-state index in [1.54, 1.807) is 43.3 Å². The quantitative estimate of drug-likeness (QED) is 0.694. The maximum absolute atomic E-state index is 13.3. The minimum Gasteiger partial charge on any atom is -0.497 e. The van der Waals surface area contributed by atoms with Gasteiger partial charge in [0.05, 0.1) is 24.1 Å². The van der Waals surface area contributed by atoms with Gasteiger partial charge in [0.15, 0.2) is 0 Å². The van der Waals surface area contributed by atoms with Crippen LogP contribution in [0, 0.1) is 5.82 Å². The van der Waals surface area contributed by atoms with Crippen molar-refractivity contribution in [3.8, 4) is 5.75 Å². The minimum atomic E-state index is -0.566. The number of methoxy groups -OCH3 is 1. The Balaban J connectivity index is 1.49. The van der Waals surface area contributed by atoms with Crippen LogP contribution in [-0.2, 0) is 16.0 Å². The fraction of sp³-hybridized carbons (Fsp3) is 0.286.